The molecule has 0 N–H and O–H groups in total. The Balaban J connectivity index is 1.95. The summed E-state index contributed by atoms with van der Waals surface area (Å²) in [5.74, 6) is 2.57. The van der Waals surface area contributed by atoms with Crippen molar-refractivity contribution in [1.29, 1.82) is 0 Å². The summed E-state index contributed by atoms with van der Waals surface area (Å²) in [4.78, 5) is 3.02. The van der Waals surface area contributed by atoms with Crippen molar-refractivity contribution < 1.29 is 0 Å². The molecule has 270 valence electrons. The van der Waals surface area contributed by atoms with Gasteiger partial charge in [0.25, 0.3) is 0 Å². The summed E-state index contributed by atoms with van der Waals surface area (Å²) in [6.45, 7) is 6.93. The largest absolute Gasteiger partial charge is 0.126 e. The zero-order valence-electron chi connectivity index (χ0n) is 31.8. The van der Waals surface area contributed by atoms with E-state index in [0.29, 0.717) is 0 Å². The van der Waals surface area contributed by atoms with E-state index >= 15 is 0 Å². The van der Waals surface area contributed by atoms with Gasteiger partial charge in [0.2, 0.25) is 0 Å². The van der Waals surface area contributed by atoms with Crippen LogP contribution in [0.15, 0.2) is 28.0 Å². The molecule has 0 radical (unpaired) electrons. The first-order valence-electron chi connectivity index (χ1n) is 21.2. The Hall–Kier alpha value is -0.0800. The molecule has 0 heterocycles. The standard InChI is InChI=1S/C44H82S2/c1-4-7-9-11-13-15-17-19-21-23-25-27-29-31-33-35-37-45-43-39-42(6-3)40-44(41-43)46-38-36-34-32-30-28-26-24-22-20-18-16-14-12-10-8-5-2/h39-41H,4-38H2,1-3H3. The van der Waals surface area contributed by atoms with E-state index < -0.39 is 0 Å². The lowest BCUT2D eigenvalue weighted by Gasteiger charge is -2.09. The molecular weight excluding hydrogens is 593 g/mol. The van der Waals surface area contributed by atoms with Gasteiger partial charge < -0.3 is 0 Å². The number of hydrogen-bond acceptors (Lipinski definition) is 2. The molecule has 1 aromatic rings. The van der Waals surface area contributed by atoms with Gasteiger partial charge in [-0.15, -0.1) is 23.5 Å². The Kier molecular flexibility index (Phi) is 34.6. The Morgan fingerprint density at radius 1 is 0.304 bits per heavy atom. The smallest absolute Gasteiger partial charge is 0.00858 e. The Morgan fingerprint density at radius 3 is 0.783 bits per heavy atom. The van der Waals surface area contributed by atoms with Gasteiger partial charge in [-0.05, 0) is 54.5 Å². The first kappa shape index (κ1) is 43.9. The van der Waals surface area contributed by atoms with Crippen LogP contribution in [0.1, 0.15) is 232 Å². The summed E-state index contributed by atoms with van der Waals surface area (Å²) < 4.78 is 0. The van der Waals surface area contributed by atoms with Crippen LogP contribution in [-0.2, 0) is 6.42 Å². The van der Waals surface area contributed by atoms with Gasteiger partial charge in [-0.2, -0.15) is 0 Å². The van der Waals surface area contributed by atoms with Crippen LogP contribution in [0.2, 0.25) is 0 Å². The molecule has 0 bridgehead atoms. The molecule has 2 heteroatoms. The highest BCUT2D eigenvalue weighted by Gasteiger charge is 2.03. The molecule has 0 nitrogen and oxygen atoms in total. The van der Waals surface area contributed by atoms with Crippen molar-refractivity contribution in [2.45, 2.75) is 242 Å². The van der Waals surface area contributed by atoms with Crippen LogP contribution in [0, 0.1) is 0 Å². The van der Waals surface area contributed by atoms with Crippen LogP contribution in [0.4, 0.5) is 0 Å². The van der Waals surface area contributed by atoms with Crippen molar-refractivity contribution >= 4 is 23.5 Å². The predicted molar refractivity (Wildman–Crippen MR) is 216 cm³/mol. The summed E-state index contributed by atoms with van der Waals surface area (Å²) in [6.07, 6.45) is 47.5. The molecule has 0 unspecified atom stereocenters. The van der Waals surface area contributed by atoms with Crippen LogP contribution in [-0.4, -0.2) is 11.5 Å². The molecule has 0 saturated carbocycles. The Bertz CT molecular complexity index is 672. The summed E-state index contributed by atoms with van der Waals surface area (Å²) in [6, 6.07) is 7.39. The number of benzene rings is 1. The normalized spacial score (nSPS) is 11.5. The fourth-order valence-electron chi connectivity index (χ4n) is 6.68. The summed E-state index contributed by atoms with van der Waals surface area (Å²) >= 11 is 4.21. The van der Waals surface area contributed by atoms with E-state index in [1.807, 2.05) is 0 Å². The third-order valence-electron chi connectivity index (χ3n) is 9.88. The molecule has 0 aromatic heterocycles. The van der Waals surface area contributed by atoms with E-state index in [9.17, 15) is 0 Å². The highest BCUT2D eigenvalue weighted by molar-refractivity contribution is 8.00. The first-order valence-corrected chi connectivity index (χ1v) is 23.2. The molecule has 0 aliphatic carbocycles. The van der Waals surface area contributed by atoms with Gasteiger partial charge >= 0.3 is 0 Å². The molecule has 0 spiro atoms. The van der Waals surface area contributed by atoms with Crippen LogP contribution < -0.4 is 0 Å². The van der Waals surface area contributed by atoms with Gasteiger partial charge in [-0.25, -0.2) is 0 Å². The van der Waals surface area contributed by atoms with E-state index in [4.69, 9.17) is 0 Å². The minimum absolute atomic E-state index is 1.15. The maximum atomic E-state index is 2.48. The number of aryl methyl sites for hydroxylation is 1. The second-order valence-corrected chi connectivity index (χ2v) is 16.8. The second-order valence-electron chi connectivity index (χ2n) is 14.5. The van der Waals surface area contributed by atoms with E-state index in [1.54, 1.807) is 0 Å². The van der Waals surface area contributed by atoms with Gasteiger partial charge in [-0.1, -0.05) is 213 Å². The van der Waals surface area contributed by atoms with Crippen molar-refractivity contribution in [1.82, 2.24) is 0 Å². The van der Waals surface area contributed by atoms with Crippen LogP contribution >= 0.6 is 23.5 Å². The van der Waals surface area contributed by atoms with E-state index in [-0.39, 0.29) is 0 Å². The van der Waals surface area contributed by atoms with Crippen molar-refractivity contribution in [3.8, 4) is 0 Å². The number of hydrogen-bond donors (Lipinski definition) is 0. The lowest BCUT2D eigenvalue weighted by atomic mass is 10.0. The molecule has 1 rings (SSSR count). The molecule has 1 aromatic carbocycles. The maximum Gasteiger partial charge on any atom is 0.00858 e. The van der Waals surface area contributed by atoms with Crippen LogP contribution in [0.3, 0.4) is 0 Å². The average Bonchev–Trinajstić information content (AvgIpc) is 3.07. The van der Waals surface area contributed by atoms with Crippen molar-refractivity contribution in [3.63, 3.8) is 0 Å². The highest BCUT2D eigenvalue weighted by Crippen LogP contribution is 2.29. The monoisotopic (exact) mass is 675 g/mol. The van der Waals surface area contributed by atoms with Crippen LogP contribution in [0.25, 0.3) is 0 Å². The van der Waals surface area contributed by atoms with Crippen LogP contribution in [0.5, 0.6) is 0 Å². The zero-order chi connectivity index (χ0) is 33.0. The maximum absolute atomic E-state index is 2.48. The Morgan fingerprint density at radius 2 is 0.543 bits per heavy atom. The molecule has 46 heavy (non-hydrogen) atoms. The number of unbranched alkanes of at least 4 members (excludes halogenated alkanes) is 30. The minimum atomic E-state index is 1.15. The van der Waals surface area contributed by atoms with Gasteiger partial charge in [0.15, 0.2) is 0 Å². The first-order chi connectivity index (χ1) is 22.8. The van der Waals surface area contributed by atoms with E-state index in [0.717, 1.165) is 6.42 Å². The topological polar surface area (TPSA) is 0 Å². The van der Waals surface area contributed by atoms with Crippen molar-refractivity contribution in [3.05, 3.63) is 23.8 Å². The third-order valence-corrected chi connectivity index (χ3v) is 12.0. The molecule has 0 fully saturated rings. The SMILES string of the molecule is CCCCCCCCCCCCCCCCCCSc1cc(CC)cc(SCCCCCCCCCCCCCCCCCC)c1. The predicted octanol–water partition coefficient (Wildman–Crippen LogP) is 17.0. The van der Waals surface area contributed by atoms with Gasteiger partial charge in [0.1, 0.15) is 0 Å². The average molecular weight is 675 g/mol. The second kappa shape index (κ2) is 36.2. The molecule has 0 atom stereocenters. The summed E-state index contributed by atoms with van der Waals surface area (Å²) in [7, 11) is 0. The molecule has 0 saturated heterocycles. The number of rotatable bonds is 37. The van der Waals surface area contributed by atoms with Crippen molar-refractivity contribution in [2.24, 2.45) is 0 Å². The lowest BCUT2D eigenvalue weighted by molar-refractivity contribution is 0.531. The minimum Gasteiger partial charge on any atom is -0.126 e. The van der Waals surface area contributed by atoms with Crippen molar-refractivity contribution in [2.75, 3.05) is 11.5 Å². The molecule has 0 amide bonds. The lowest BCUT2D eigenvalue weighted by Crippen LogP contribution is -1.88. The van der Waals surface area contributed by atoms with Gasteiger partial charge in [-0.3, -0.25) is 0 Å². The molecular formula is C44H82S2. The molecule has 0 aliphatic rings. The van der Waals surface area contributed by atoms with Gasteiger partial charge in [0, 0.05) is 9.79 Å². The van der Waals surface area contributed by atoms with E-state index in [2.05, 4.69) is 62.5 Å². The number of thioether (sulfide) groups is 2. The zero-order valence-corrected chi connectivity index (χ0v) is 33.4. The van der Waals surface area contributed by atoms with E-state index in [1.165, 1.54) is 232 Å². The highest BCUT2D eigenvalue weighted by atomic mass is 32.2. The summed E-state index contributed by atoms with van der Waals surface area (Å²) in [5, 5.41) is 0. The summed E-state index contributed by atoms with van der Waals surface area (Å²) in [5.41, 5.74) is 1.52. The molecule has 0 aliphatic heterocycles. The fraction of sp³-hybridized carbons (Fsp3) is 0.864. The Labute approximate surface area is 300 Å². The third kappa shape index (κ3) is 30.0. The quantitative estimate of drug-likeness (QED) is 0.0509. The fourth-order valence-corrected chi connectivity index (χ4v) is 8.81. The van der Waals surface area contributed by atoms with Gasteiger partial charge in [0.05, 0.1) is 0 Å².